The fraction of sp³-hybridized carbons (Fsp3) is 0.391. The Bertz CT molecular complexity index is 789. The van der Waals surface area contributed by atoms with Crippen LogP contribution in [0, 0.1) is 6.92 Å². The highest BCUT2D eigenvalue weighted by Crippen LogP contribution is 2.22. The van der Waals surface area contributed by atoms with Crippen molar-refractivity contribution in [3.8, 4) is 0 Å². The van der Waals surface area contributed by atoms with Gasteiger partial charge in [-0.15, -0.1) is 0 Å². The molecule has 0 aliphatic carbocycles. The first-order valence-corrected chi connectivity index (χ1v) is 10.1. The van der Waals surface area contributed by atoms with Crippen molar-refractivity contribution < 1.29 is 4.79 Å². The minimum absolute atomic E-state index is 0.222. The molecular formula is C23H30N4O. The highest BCUT2D eigenvalue weighted by Gasteiger charge is 2.22. The minimum atomic E-state index is 0.222. The van der Waals surface area contributed by atoms with E-state index in [9.17, 15) is 4.79 Å². The normalized spacial score (nSPS) is 13.4. The Hall–Kier alpha value is -2.82. The third-order valence-electron chi connectivity index (χ3n) is 4.94. The number of benzene rings is 2. The minimum Gasteiger partial charge on any atom is -0.357 e. The summed E-state index contributed by atoms with van der Waals surface area (Å²) in [7, 11) is 0. The van der Waals surface area contributed by atoms with Crippen LogP contribution in [-0.2, 0) is 24.4 Å². The summed E-state index contributed by atoms with van der Waals surface area (Å²) in [5.41, 5.74) is 4.98. The Morgan fingerprint density at radius 1 is 1.04 bits per heavy atom. The van der Waals surface area contributed by atoms with E-state index < -0.39 is 0 Å². The number of fused-ring (bicyclic) bond motifs is 1. The standard InChI is InChI=1S/C23H30N4O/c1-3-24-23(26-15-19-12-10-18(2)11-13-19)25-14-6-9-22(28)27-16-20-7-4-5-8-21(20)17-27/h4-5,7-8,10-13H,3,6,9,14-17H2,1-2H3,(H2,24,25,26). The Labute approximate surface area is 167 Å². The molecule has 2 N–H and O–H groups in total. The average Bonchev–Trinajstić information content (AvgIpc) is 3.14. The summed E-state index contributed by atoms with van der Waals surface area (Å²) >= 11 is 0. The van der Waals surface area contributed by atoms with Crippen LogP contribution in [0.5, 0.6) is 0 Å². The van der Waals surface area contributed by atoms with Crippen LogP contribution in [0.3, 0.4) is 0 Å². The Kier molecular flexibility index (Phi) is 7.06. The molecule has 0 saturated heterocycles. The zero-order valence-corrected chi connectivity index (χ0v) is 16.9. The van der Waals surface area contributed by atoms with Gasteiger partial charge < -0.3 is 15.5 Å². The second-order valence-electron chi connectivity index (χ2n) is 7.23. The van der Waals surface area contributed by atoms with Crippen LogP contribution in [0.15, 0.2) is 53.5 Å². The zero-order chi connectivity index (χ0) is 19.8. The molecular weight excluding hydrogens is 348 g/mol. The van der Waals surface area contributed by atoms with E-state index in [0.29, 0.717) is 13.0 Å². The Morgan fingerprint density at radius 3 is 2.36 bits per heavy atom. The van der Waals surface area contributed by atoms with Gasteiger partial charge in [0.15, 0.2) is 5.96 Å². The molecule has 5 heteroatoms. The fourth-order valence-electron chi connectivity index (χ4n) is 3.32. The number of carbonyl (C=O) groups excluding carboxylic acids is 1. The first kappa shape index (κ1) is 19.9. The van der Waals surface area contributed by atoms with Crippen molar-refractivity contribution in [2.45, 2.75) is 46.3 Å². The van der Waals surface area contributed by atoms with Crippen molar-refractivity contribution in [2.24, 2.45) is 4.99 Å². The lowest BCUT2D eigenvalue weighted by Crippen LogP contribution is -2.38. The number of guanidine groups is 1. The van der Waals surface area contributed by atoms with Crippen LogP contribution < -0.4 is 10.6 Å². The van der Waals surface area contributed by atoms with Crippen molar-refractivity contribution in [3.05, 3.63) is 70.8 Å². The summed E-state index contributed by atoms with van der Waals surface area (Å²) in [4.78, 5) is 19.1. The molecule has 0 radical (unpaired) electrons. The summed E-state index contributed by atoms with van der Waals surface area (Å²) in [6, 6.07) is 16.7. The van der Waals surface area contributed by atoms with Crippen molar-refractivity contribution in [1.29, 1.82) is 0 Å². The van der Waals surface area contributed by atoms with Crippen LogP contribution in [0.1, 0.15) is 42.0 Å². The predicted molar refractivity (Wildman–Crippen MR) is 114 cm³/mol. The molecule has 1 aliphatic heterocycles. The van der Waals surface area contributed by atoms with Gasteiger partial charge in [-0.05, 0) is 37.0 Å². The second-order valence-corrected chi connectivity index (χ2v) is 7.23. The van der Waals surface area contributed by atoms with E-state index in [1.165, 1.54) is 22.3 Å². The molecule has 0 saturated carbocycles. The molecule has 1 aliphatic rings. The SMILES string of the molecule is CCNC(=NCc1ccc(C)cc1)NCCCC(=O)N1Cc2ccccc2C1. The van der Waals surface area contributed by atoms with Gasteiger partial charge in [0.05, 0.1) is 6.54 Å². The molecule has 0 atom stereocenters. The lowest BCUT2D eigenvalue weighted by molar-refractivity contribution is -0.131. The molecule has 0 spiro atoms. The maximum atomic E-state index is 12.5. The molecule has 3 rings (SSSR count). The van der Waals surface area contributed by atoms with Crippen LogP contribution in [-0.4, -0.2) is 29.9 Å². The van der Waals surface area contributed by atoms with E-state index in [-0.39, 0.29) is 5.91 Å². The number of hydrogen-bond donors (Lipinski definition) is 2. The van der Waals surface area contributed by atoms with Crippen LogP contribution in [0.4, 0.5) is 0 Å². The number of amides is 1. The van der Waals surface area contributed by atoms with Crippen molar-refractivity contribution in [3.63, 3.8) is 0 Å². The van der Waals surface area contributed by atoms with Gasteiger partial charge in [-0.25, -0.2) is 4.99 Å². The van der Waals surface area contributed by atoms with E-state index >= 15 is 0 Å². The molecule has 148 valence electrons. The van der Waals surface area contributed by atoms with Gasteiger partial charge in [0.25, 0.3) is 0 Å². The summed E-state index contributed by atoms with van der Waals surface area (Å²) in [6.45, 7) is 7.79. The average molecular weight is 379 g/mol. The quantitative estimate of drug-likeness (QED) is 0.441. The Balaban J connectivity index is 1.41. The first-order valence-electron chi connectivity index (χ1n) is 10.1. The summed E-state index contributed by atoms with van der Waals surface area (Å²) in [6.07, 6.45) is 1.35. The van der Waals surface area contributed by atoms with Crippen molar-refractivity contribution in [1.82, 2.24) is 15.5 Å². The second kappa shape index (κ2) is 9.93. The molecule has 0 aromatic heterocycles. The lowest BCUT2D eigenvalue weighted by Gasteiger charge is -2.16. The number of nitrogens with zero attached hydrogens (tertiary/aromatic N) is 2. The maximum Gasteiger partial charge on any atom is 0.223 e. The van der Waals surface area contributed by atoms with Crippen LogP contribution >= 0.6 is 0 Å². The van der Waals surface area contributed by atoms with Gasteiger partial charge in [-0.3, -0.25) is 4.79 Å². The van der Waals surface area contributed by atoms with E-state index in [2.05, 4.69) is 65.9 Å². The van der Waals surface area contributed by atoms with Gasteiger partial charge >= 0.3 is 0 Å². The molecule has 1 heterocycles. The van der Waals surface area contributed by atoms with Gasteiger partial charge in [-0.1, -0.05) is 54.1 Å². The smallest absolute Gasteiger partial charge is 0.223 e. The highest BCUT2D eigenvalue weighted by atomic mass is 16.2. The number of aryl methyl sites for hydroxylation is 1. The van der Waals surface area contributed by atoms with Crippen LogP contribution in [0.2, 0.25) is 0 Å². The molecule has 0 bridgehead atoms. The third kappa shape index (κ3) is 5.59. The topological polar surface area (TPSA) is 56.7 Å². The number of carbonyl (C=O) groups is 1. The Morgan fingerprint density at radius 2 is 1.71 bits per heavy atom. The highest BCUT2D eigenvalue weighted by molar-refractivity contribution is 5.80. The van der Waals surface area contributed by atoms with Crippen LogP contribution in [0.25, 0.3) is 0 Å². The number of aliphatic imine (C=N–C) groups is 1. The molecule has 28 heavy (non-hydrogen) atoms. The zero-order valence-electron chi connectivity index (χ0n) is 16.9. The van der Waals surface area contributed by atoms with Gasteiger partial charge in [-0.2, -0.15) is 0 Å². The van der Waals surface area contributed by atoms with Crippen molar-refractivity contribution >= 4 is 11.9 Å². The maximum absolute atomic E-state index is 12.5. The molecule has 0 unspecified atom stereocenters. The molecule has 2 aromatic rings. The fourth-order valence-corrected chi connectivity index (χ4v) is 3.32. The van der Waals surface area contributed by atoms with E-state index in [0.717, 1.165) is 38.6 Å². The van der Waals surface area contributed by atoms with E-state index in [1.54, 1.807) is 0 Å². The van der Waals surface area contributed by atoms with E-state index in [4.69, 9.17) is 0 Å². The number of nitrogens with one attached hydrogen (secondary N) is 2. The molecule has 0 fully saturated rings. The van der Waals surface area contributed by atoms with Gasteiger partial charge in [0, 0.05) is 32.6 Å². The lowest BCUT2D eigenvalue weighted by atomic mass is 10.1. The number of rotatable bonds is 7. The summed E-state index contributed by atoms with van der Waals surface area (Å²) < 4.78 is 0. The van der Waals surface area contributed by atoms with Gasteiger partial charge in [0.1, 0.15) is 0 Å². The van der Waals surface area contributed by atoms with Crippen molar-refractivity contribution in [2.75, 3.05) is 13.1 Å². The number of hydrogen-bond acceptors (Lipinski definition) is 2. The molecule has 2 aromatic carbocycles. The largest absolute Gasteiger partial charge is 0.357 e. The van der Waals surface area contributed by atoms with E-state index in [1.807, 2.05) is 17.0 Å². The molecule has 1 amide bonds. The summed E-state index contributed by atoms with van der Waals surface area (Å²) in [5, 5.41) is 6.60. The third-order valence-corrected chi connectivity index (χ3v) is 4.94. The summed E-state index contributed by atoms with van der Waals surface area (Å²) in [5.74, 6) is 1.02. The first-order chi connectivity index (χ1) is 13.7. The van der Waals surface area contributed by atoms with Gasteiger partial charge in [0.2, 0.25) is 5.91 Å². The predicted octanol–water partition coefficient (Wildman–Crippen LogP) is 3.37. The monoisotopic (exact) mass is 378 g/mol. The molecule has 5 nitrogen and oxygen atoms in total.